The SMILES string of the molecule is Nc1ccc2c(c1)CN(C1CCCC(=O)NC1=O)C2=O. The average molecular weight is 273 g/mol. The molecule has 6 nitrogen and oxygen atoms in total. The van der Waals surface area contributed by atoms with Crippen molar-refractivity contribution in [1.82, 2.24) is 10.2 Å². The molecule has 1 aromatic rings. The Hall–Kier alpha value is -2.37. The fourth-order valence-corrected chi connectivity index (χ4v) is 2.78. The molecule has 2 aliphatic heterocycles. The van der Waals surface area contributed by atoms with Crippen LogP contribution in [0.4, 0.5) is 5.69 Å². The summed E-state index contributed by atoms with van der Waals surface area (Å²) in [6.45, 7) is 0.367. The number of benzene rings is 1. The molecule has 0 saturated carbocycles. The standard InChI is InChI=1S/C14H15N3O3/c15-9-4-5-10-8(6-9)7-17(14(10)20)11-2-1-3-12(18)16-13(11)19/h4-6,11H,1-3,7,15H2,(H,16,18,19). The molecule has 1 unspecified atom stereocenters. The van der Waals surface area contributed by atoms with Gasteiger partial charge in [-0.25, -0.2) is 0 Å². The van der Waals surface area contributed by atoms with Crippen LogP contribution in [0.1, 0.15) is 35.2 Å². The predicted octanol–water partition coefficient (Wildman–Crippen LogP) is 0.420. The summed E-state index contributed by atoms with van der Waals surface area (Å²) in [7, 11) is 0. The van der Waals surface area contributed by atoms with E-state index in [1.54, 1.807) is 18.2 Å². The highest BCUT2D eigenvalue weighted by molar-refractivity contribution is 6.04. The number of carbonyl (C=O) groups is 3. The van der Waals surface area contributed by atoms with Crippen LogP contribution in [0.2, 0.25) is 0 Å². The molecule has 1 saturated heterocycles. The van der Waals surface area contributed by atoms with Gasteiger partial charge in [-0.15, -0.1) is 0 Å². The Kier molecular flexibility index (Phi) is 2.93. The summed E-state index contributed by atoms with van der Waals surface area (Å²) in [5.74, 6) is -0.831. The van der Waals surface area contributed by atoms with Gasteiger partial charge in [0.2, 0.25) is 11.8 Å². The van der Waals surface area contributed by atoms with Gasteiger partial charge in [0, 0.05) is 24.2 Å². The first kappa shape index (κ1) is 12.7. The average Bonchev–Trinajstić information content (AvgIpc) is 2.60. The lowest BCUT2D eigenvalue weighted by molar-refractivity contribution is -0.132. The minimum Gasteiger partial charge on any atom is -0.399 e. The zero-order valence-corrected chi connectivity index (χ0v) is 10.9. The number of anilines is 1. The summed E-state index contributed by atoms with van der Waals surface area (Å²) in [4.78, 5) is 37.3. The van der Waals surface area contributed by atoms with Gasteiger partial charge < -0.3 is 10.6 Å². The second kappa shape index (κ2) is 4.63. The summed E-state index contributed by atoms with van der Waals surface area (Å²) in [5, 5.41) is 2.33. The molecule has 3 rings (SSSR count). The molecule has 0 bridgehead atoms. The fraction of sp³-hybridized carbons (Fsp3) is 0.357. The third-order valence-corrected chi connectivity index (χ3v) is 3.78. The number of nitrogens with two attached hydrogens (primary N) is 1. The van der Waals surface area contributed by atoms with Crippen molar-refractivity contribution in [3.8, 4) is 0 Å². The van der Waals surface area contributed by atoms with Crippen LogP contribution in [0.3, 0.4) is 0 Å². The van der Waals surface area contributed by atoms with Crippen molar-refractivity contribution in [1.29, 1.82) is 0 Å². The highest BCUT2D eigenvalue weighted by atomic mass is 16.2. The van der Waals surface area contributed by atoms with Crippen molar-refractivity contribution < 1.29 is 14.4 Å². The van der Waals surface area contributed by atoms with E-state index in [1.165, 1.54) is 4.90 Å². The Morgan fingerprint density at radius 2 is 2.05 bits per heavy atom. The van der Waals surface area contributed by atoms with Gasteiger partial charge >= 0.3 is 0 Å². The van der Waals surface area contributed by atoms with Gasteiger partial charge in [0.1, 0.15) is 6.04 Å². The van der Waals surface area contributed by atoms with Crippen molar-refractivity contribution in [3.05, 3.63) is 29.3 Å². The number of fused-ring (bicyclic) bond motifs is 1. The molecule has 1 aromatic carbocycles. The Labute approximate surface area is 115 Å². The number of imide groups is 1. The topological polar surface area (TPSA) is 92.5 Å². The summed E-state index contributed by atoms with van der Waals surface area (Å²) in [5.41, 5.74) is 7.73. The number of nitrogens with one attached hydrogen (secondary N) is 1. The molecule has 1 fully saturated rings. The molecule has 1 atom stereocenters. The lowest BCUT2D eigenvalue weighted by Crippen LogP contribution is -2.46. The van der Waals surface area contributed by atoms with Crippen molar-refractivity contribution in [2.45, 2.75) is 31.8 Å². The number of hydrogen-bond donors (Lipinski definition) is 2. The van der Waals surface area contributed by atoms with Crippen molar-refractivity contribution in [3.63, 3.8) is 0 Å². The molecular formula is C14H15N3O3. The fourth-order valence-electron chi connectivity index (χ4n) is 2.78. The summed E-state index contributed by atoms with van der Waals surface area (Å²) in [6.07, 6.45) is 1.43. The Bertz CT molecular complexity index is 612. The Balaban J connectivity index is 1.87. The summed E-state index contributed by atoms with van der Waals surface area (Å²) in [6, 6.07) is 4.54. The van der Waals surface area contributed by atoms with Crippen LogP contribution in [-0.4, -0.2) is 28.7 Å². The number of nitrogen functional groups attached to an aromatic ring is 1. The quantitative estimate of drug-likeness (QED) is 0.573. The van der Waals surface area contributed by atoms with Gasteiger partial charge in [-0.05, 0) is 36.6 Å². The second-order valence-electron chi connectivity index (χ2n) is 5.17. The lowest BCUT2D eigenvalue weighted by atomic mass is 10.1. The molecule has 3 amide bonds. The van der Waals surface area contributed by atoms with E-state index in [-0.39, 0.29) is 17.7 Å². The van der Waals surface area contributed by atoms with Gasteiger partial charge in [0.15, 0.2) is 0 Å². The first-order valence-corrected chi connectivity index (χ1v) is 6.59. The molecule has 0 aromatic heterocycles. The number of carbonyl (C=O) groups excluding carboxylic acids is 3. The van der Waals surface area contributed by atoms with Crippen LogP contribution >= 0.6 is 0 Å². The number of nitrogens with zero attached hydrogens (tertiary/aromatic N) is 1. The van der Waals surface area contributed by atoms with Gasteiger partial charge in [-0.3, -0.25) is 19.7 Å². The minimum absolute atomic E-state index is 0.172. The molecule has 104 valence electrons. The normalized spacial score (nSPS) is 22.5. The van der Waals surface area contributed by atoms with E-state index < -0.39 is 6.04 Å². The largest absolute Gasteiger partial charge is 0.399 e. The van der Waals surface area contributed by atoms with Crippen LogP contribution in [0.5, 0.6) is 0 Å². The monoisotopic (exact) mass is 273 g/mol. The zero-order valence-electron chi connectivity index (χ0n) is 10.9. The molecular weight excluding hydrogens is 258 g/mol. The third kappa shape index (κ3) is 2.03. The van der Waals surface area contributed by atoms with E-state index >= 15 is 0 Å². The molecule has 6 heteroatoms. The maximum Gasteiger partial charge on any atom is 0.255 e. The van der Waals surface area contributed by atoms with Gasteiger partial charge in [-0.2, -0.15) is 0 Å². The maximum atomic E-state index is 12.4. The molecule has 0 aliphatic carbocycles. The van der Waals surface area contributed by atoms with Crippen LogP contribution in [0.25, 0.3) is 0 Å². The minimum atomic E-state index is -0.581. The summed E-state index contributed by atoms with van der Waals surface area (Å²) >= 11 is 0. The first-order chi connectivity index (χ1) is 9.56. The predicted molar refractivity (Wildman–Crippen MR) is 71.5 cm³/mol. The van der Waals surface area contributed by atoms with E-state index in [0.29, 0.717) is 37.1 Å². The molecule has 2 aliphatic rings. The van der Waals surface area contributed by atoms with Crippen molar-refractivity contribution in [2.75, 3.05) is 5.73 Å². The van der Waals surface area contributed by atoms with E-state index in [1.807, 2.05) is 0 Å². The number of amides is 3. The molecule has 0 radical (unpaired) electrons. The van der Waals surface area contributed by atoms with Gasteiger partial charge in [0.05, 0.1) is 0 Å². The highest BCUT2D eigenvalue weighted by Crippen LogP contribution is 2.28. The van der Waals surface area contributed by atoms with Crippen molar-refractivity contribution in [2.24, 2.45) is 0 Å². The second-order valence-corrected chi connectivity index (χ2v) is 5.17. The van der Waals surface area contributed by atoms with E-state index in [4.69, 9.17) is 5.73 Å². The zero-order chi connectivity index (χ0) is 14.3. The highest BCUT2D eigenvalue weighted by Gasteiger charge is 2.37. The molecule has 3 N–H and O–H groups in total. The van der Waals surface area contributed by atoms with Crippen LogP contribution in [-0.2, 0) is 16.1 Å². The molecule has 20 heavy (non-hydrogen) atoms. The van der Waals surface area contributed by atoms with Crippen LogP contribution in [0, 0.1) is 0 Å². The van der Waals surface area contributed by atoms with E-state index in [9.17, 15) is 14.4 Å². The number of rotatable bonds is 1. The van der Waals surface area contributed by atoms with E-state index in [0.717, 1.165) is 5.56 Å². The van der Waals surface area contributed by atoms with Crippen LogP contribution in [0.15, 0.2) is 18.2 Å². The number of hydrogen-bond acceptors (Lipinski definition) is 4. The third-order valence-electron chi connectivity index (χ3n) is 3.78. The Morgan fingerprint density at radius 3 is 2.85 bits per heavy atom. The van der Waals surface area contributed by atoms with Crippen LogP contribution < -0.4 is 11.1 Å². The van der Waals surface area contributed by atoms with Gasteiger partial charge in [0.25, 0.3) is 5.91 Å². The maximum absolute atomic E-state index is 12.4. The Morgan fingerprint density at radius 1 is 1.25 bits per heavy atom. The van der Waals surface area contributed by atoms with E-state index in [2.05, 4.69) is 5.32 Å². The summed E-state index contributed by atoms with van der Waals surface area (Å²) < 4.78 is 0. The lowest BCUT2D eigenvalue weighted by Gasteiger charge is -2.24. The first-order valence-electron chi connectivity index (χ1n) is 6.59. The van der Waals surface area contributed by atoms with Crippen molar-refractivity contribution >= 4 is 23.4 Å². The molecule has 2 heterocycles. The van der Waals surface area contributed by atoms with Gasteiger partial charge in [-0.1, -0.05) is 0 Å². The molecule has 0 spiro atoms. The smallest absolute Gasteiger partial charge is 0.255 e.